The van der Waals surface area contributed by atoms with Gasteiger partial charge in [-0.25, -0.2) is 4.79 Å². The summed E-state index contributed by atoms with van der Waals surface area (Å²) in [5, 5.41) is 0. The Bertz CT molecular complexity index is 556. The van der Waals surface area contributed by atoms with Crippen LogP contribution in [0.25, 0.3) is 0 Å². The standard InChI is InChI=1S/C20H27NO2/c1-4-6-7-9-12-17(3)20(21,15-5-2)19(22)23-16-18-13-10-8-11-14-18/h5,8,10-11,13-14,17H,2,4,6-7,15-16,21H2,1,3H3/t17-,20+/m1/s1. The zero-order valence-corrected chi connectivity index (χ0v) is 14.2. The van der Waals surface area contributed by atoms with Crippen LogP contribution in [0.5, 0.6) is 0 Å². The Labute approximate surface area is 139 Å². The predicted octanol–water partition coefficient (Wildman–Crippen LogP) is 3.83. The molecule has 0 radical (unpaired) electrons. The second kappa shape index (κ2) is 9.86. The molecule has 0 aromatic heterocycles. The SMILES string of the molecule is C=CC[C@@](N)(C(=O)OCc1ccccc1)[C@H](C)C#CCCCC. The van der Waals surface area contributed by atoms with E-state index >= 15 is 0 Å². The highest BCUT2D eigenvalue weighted by molar-refractivity contribution is 5.81. The van der Waals surface area contributed by atoms with Crippen LogP contribution in [-0.2, 0) is 16.1 Å². The summed E-state index contributed by atoms with van der Waals surface area (Å²) < 4.78 is 5.41. The molecule has 0 aliphatic heterocycles. The Balaban J connectivity index is 2.74. The lowest BCUT2D eigenvalue weighted by molar-refractivity contribution is -0.152. The molecule has 0 aliphatic rings. The average molecular weight is 313 g/mol. The van der Waals surface area contributed by atoms with E-state index in [4.69, 9.17) is 10.5 Å². The molecule has 0 saturated heterocycles. The highest BCUT2D eigenvalue weighted by atomic mass is 16.5. The number of hydrogen-bond acceptors (Lipinski definition) is 3. The summed E-state index contributed by atoms with van der Waals surface area (Å²) in [6.07, 6.45) is 4.96. The third kappa shape index (κ3) is 5.92. The molecule has 0 saturated carbocycles. The van der Waals surface area contributed by atoms with Crippen LogP contribution in [0.3, 0.4) is 0 Å². The maximum absolute atomic E-state index is 12.5. The maximum atomic E-state index is 12.5. The van der Waals surface area contributed by atoms with E-state index in [1.807, 2.05) is 37.3 Å². The second-order valence-corrected chi connectivity index (χ2v) is 5.74. The summed E-state index contributed by atoms with van der Waals surface area (Å²) in [4.78, 5) is 12.5. The molecule has 0 aliphatic carbocycles. The Morgan fingerprint density at radius 3 is 2.74 bits per heavy atom. The summed E-state index contributed by atoms with van der Waals surface area (Å²) in [5.74, 6) is 5.48. The lowest BCUT2D eigenvalue weighted by atomic mass is 9.83. The van der Waals surface area contributed by atoms with Crippen LogP contribution in [0.4, 0.5) is 0 Å². The van der Waals surface area contributed by atoms with Gasteiger partial charge in [-0.2, -0.15) is 0 Å². The number of benzene rings is 1. The van der Waals surface area contributed by atoms with E-state index in [1.165, 1.54) is 0 Å². The minimum Gasteiger partial charge on any atom is -0.459 e. The zero-order chi connectivity index (χ0) is 17.1. The summed E-state index contributed by atoms with van der Waals surface area (Å²) in [6.45, 7) is 7.91. The van der Waals surface area contributed by atoms with Crippen molar-refractivity contribution in [2.75, 3.05) is 0 Å². The molecule has 0 amide bonds. The summed E-state index contributed by atoms with van der Waals surface area (Å²) in [7, 11) is 0. The highest BCUT2D eigenvalue weighted by Gasteiger charge is 2.39. The van der Waals surface area contributed by atoms with E-state index in [0.29, 0.717) is 6.42 Å². The molecular weight excluding hydrogens is 286 g/mol. The van der Waals surface area contributed by atoms with Crippen molar-refractivity contribution in [3.63, 3.8) is 0 Å². The van der Waals surface area contributed by atoms with Crippen molar-refractivity contribution in [2.45, 2.75) is 51.7 Å². The number of esters is 1. The fraction of sp³-hybridized carbons (Fsp3) is 0.450. The van der Waals surface area contributed by atoms with Crippen molar-refractivity contribution >= 4 is 5.97 Å². The first-order valence-electron chi connectivity index (χ1n) is 8.14. The molecule has 3 heteroatoms. The van der Waals surface area contributed by atoms with Gasteiger partial charge < -0.3 is 10.5 Å². The van der Waals surface area contributed by atoms with E-state index in [1.54, 1.807) is 6.08 Å². The number of carbonyl (C=O) groups excluding carboxylic acids is 1. The lowest BCUT2D eigenvalue weighted by Crippen LogP contribution is -2.53. The van der Waals surface area contributed by atoms with Crippen molar-refractivity contribution in [3.05, 3.63) is 48.6 Å². The number of nitrogens with two attached hydrogens (primary N) is 1. The van der Waals surface area contributed by atoms with Gasteiger partial charge in [0.05, 0.1) is 0 Å². The van der Waals surface area contributed by atoms with Gasteiger partial charge in [-0.3, -0.25) is 0 Å². The average Bonchev–Trinajstić information content (AvgIpc) is 2.57. The normalized spacial score (nSPS) is 14.0. The maximum Gasteiger partial charge on any atom is 0.328 e. The van der Waals surface area contributed by atoms with Gasteiger partial charge in [-0.05, 0) is 25.3 Å². The van der Waals surface area contributed by atoms with Crippen LogP contribution in [-0.4, -0.2) is 11.5 Å². The van der Waals surface area contributed by atoms with Crippen molar-refractivity contribution in [3.8, 4) is 11.8 Å². The van der Waals surface area contributed by atoms with E-state index in [9.17, 15) is 4.79 Å². The number of rotatable bonds is 8. The van der Waals surface area contributed by atoms with Crippen LogP contribution < -0.4 is 5.73 Å². The van der Waals surface area contributed by atoms with E-state index in [-0.39, 0.29) is 12.5 Å². The van der Waals surface area contributed by atoms with Gasteiger partial charge in [0.2, 0.25) is 0 Å². The van der Waals surface area contributed by atoms with E-state index in [0.717, 1.165) is 24.8 Å². The summed E-state index contributed by atoms with van der Waals surface area (Å²) in [6, 6.07) is 9.55. The molecule has 0 heterocycles. The number of ether oxygens (including phenoxy) is 1. The smallest absolute Gasteiger partial charge is 0.328 e. The van der Waals surface area contributed by atoms with Gasteiger partial charge in [0.15, 0.2) is 0 Å². The molecular formula is C20H27NO2. The molecule has 1 rings (SSSR count). The summed E-state index contributed by atoms with van der Waals surface area (Å²) in [5.41, 5.74) is 6.10. The largest absolute Gasteiger partial charge is 0.459 e. The molecule has 0 spiro atoms. The topological polar surface area (TPSA) is 52.3 Å². The van der Waals surface area contributed by atoms with E-state index < -0.39 is 11.5 Å². The van der Waals surface area contributed by atoms with Gasteiger partial charge in [0.25, 0.3) is 0 Å². The first kappa shape index (κ1) is 19.0. The monoisotopic (exact) mass is 313 g/mol. The summed E-state index contributed by atoms with van der Waals surface area (Å²) >= 11 is 0. The molecule has 0 fully saturated rings. The van der Waals surface area contributed by atoms with Gasteiger partial charge in [0.1, 0.15) is 12.1 Å². The molecule has 124 valence electrons. The Hall–Kier alpha value is -2.05. The zero-order valence-electron chi connectivity index (χ0n) is 14.2. The van der Waals surface area contributed by atoms with Crippen LogP contribution >= 0.6 is 0 Å². The third-order valence-electron chi connectivity index (χ3n) is 3.82. The Morgan fingerprint density at radius 2 is 2.13 bits per heavy atom. The van der Waals surface area contributed by atoms with Crippen molar-refractivity contribution in [1.82, 2.24) is 0 Å². The number of hydrogen-bond donors (Lipinski definition) is 1. The van der Waals surface area contributed by atoms with Crippen molar-refractivity contribution < 1.29 is 9.53 Å². The van der Waals surface area contributed by atoms with Crippen molar-refractivity contribution in [2.24, 2.45) is 11.7 Å². The molecule has 3 nitrogen and oxygen atoms in total. The Morgan fingerprint density at radius 1 is 1.43 bits per heavy atom. The van der Waals surface area contributed by atoms with Gasteiger partial charge in [-0.15, -0.1) is 12.5 Å². The fourth-order valence-electron chi connectivity index (χ4n) is 2.15. The first-order valence-corrected chi connectivity index (χ1v) is 8.14. The lowest BCUT2D eigenvalue weighted by Gasteiger charge is -2.29. The van der Waals surface area contributed by atoms with Crippen LogP contribution in [0.2, 0.25) is 0 Å². The van der Waals surface area contributed by atoms with Gasteiger partial charge in [0, 0.05) is 12.3 Å². The number of unbranched alkanes of at least 4 members (excludes halogenated alkanes) is 2. The molecule has 1 aromatic carbocycles. The Kier molecular flexibility index (Phi) is 8.15. The minimum absolute atomic E-state index is 0.214. The molecule has 2 atom stereocenters. The molecule has 0 bridgehead atoms. The van der Waals surface area contributed by atoms with Gasteiger partial charge in [-0.1, -0.05) is 55.7 Å². The molecule has 23 heavy (non-hydrogen) atoms. The van der Waals surface area contributed by atoms with E-state index in [2.05, 4.69) is 25.3 Å². The van der Waals surface area contributed by atoms with Crippen molar-refractivity contribution in [1.29, 1.82) is 0 Å². The molecule has 0 unspecified atom stereocenters. The second-order valence-electron chi connectivity index (χ2n) is 5.74. The van der Waals surface area contributed by atoms with Crippen LogP contribution in [0.1, 0.15) is 45.1 Å². The minimum atomic E-state index is -1.16. The third-order valence-corrected chi connectivity index (χ3v) is 3.82. The predicted molar refractivity (Wildman–Crippen MR) is 94.4 cm³/mol. The molecule has 2 N–H and O–H groups in total. The highest BCUT2D eigenvalue weighted by Crippen LogP contribution is 2.21. The first-order chi connectivity index (χ1) is 11.0. The molecule has 1 aromatic rings. The number of carbonyl (C=O) groups is 1. The van der Waals surface area contributed by atoms with Crippen LogP contribution in [0.15, 0.2) is 43.0 Å². The fourth-order valence-corrected chi connectivity index (χ4v) is 2.15. The quantitative estimate of drug-likeness (QED) is 0.343. The van der Waals surface area contributed by atoms with Crippen LogP contribution in [0, 0.1) is 17.8 Å². The van der Waals surface area contributed by atoms with Gasteiger partial charge >= 0.3 is 5.97 Å².